The number of halogens is 1. The predicted molar refractivity (Wildman–Crippen MR) is 134 cm³/mol. The lowest BCUT2D eigenvalue weighted by Gasteiger charge is -2.27. The van der Waals surface area contributed by atoms with Gasteiger partial charge < -0.3 is 20.0 Å². The second kappa shape index (κ2) is 12.5. The lowest BCUT2D eigenvalue weighted by Crippen LogP contribution is -2.34. The van der Waals surface area contributed by atoms with E-state index in [0.717, 1.165) is 45.3 Å². The van der Waals surface area contributed by atoms with E-state index in [0.29, 0.717) is 18.5 Å². The SMILES string of the molecule is CCCCN(CCCC)CCCN1C(=O)C(=O)C(=C(O)c2ccc(F)cc2)[C@H]1c1cccc(O)c1. The molecule has 6 nitrogen and oxygen atoms in total. The van der Waals surface area contributed by atoms with Gasteiger partial charge in [-0.05, 0) is 80.9 Å². The third-order valence-electron chi connectivity index (χ3n) is 6.37. The molecule has 2 N–H and O–H groups in total. The molecule has 1 aliphatic heterocycles. The third kappa shape index (κ3) is 6.48. The van der Waals surface area contributed by atoms with E-state index in [1.165, 1.54) is 41.3 Å². The molecule has 1 amide bonds. The van der Waals surface area contributed by atoms with Crippen LogP contribution in [0.25, 0.3) is 5.76 Å². The number of amides is 1. The summed E-state index contributed by atoms with van der Waals surface area (Å²) in [6, 6.07) is 10.6. The number of unbranched alkanes of at least 4 members (excludes halogenated alkanes) is 2. The standard InChI is InChI=1S/C28H35FN2O4/c1-3-5-15-30(16-6-4-2)17-8-18-31-25(21-9-7-10-23(32)19-21)24(27(34)28(31)35)26(33)20-11-13-22(29)14-12-20/h7,9-14,19,25,32-33H,3-6,8,15-18H2,1-2H3/t25-/m1/s1. The number of rotatable bonds is 12. The summed E-state index contributed by atoms with van der Waals surface area (Å²) in [5, 5.41) is 21.1. The summed E-state index contributed by atoms with van der Waals surface area (Å²) in [4.78, 5) is 30.0. The zero-order valence-electron chi connectivity index (χ0n) is 20.5. The Morgan fingerprint density at radius 1 is 0.971 bits per heavy atom. The van der Waals surface area contributed by atoms with Crippen molar-refractivity contribution >= 4 is 17.4 Å². The number of carbonyl (C=O) groups excluding carboxylic acids is 2. The fourth-order valence-electron chi connectivity index (χ4n) is 4.48. The molecule has 0 unspecified atom stereocenters. The van der Waals surface area contributed by atoms with Crippen LogP contribution in [0.15, 0.2) is 54.1 Å². The molecule has 2 aromatic carbocycles. The molecule has 0 bridgehead atoms. The van der Waals surface area contributed by atoms with Crippen molar-refractivity contribution in [1.82, 2.24) is 9.80 Å². The van der Waals surface area contributed by atoms with Gasteiger partial charge in [-0.1, -0.05) is 38.8 Å². The summed E-state index contributed by atoms with van der Waals surface area (Å²) >= 11 is 0. The number of aliphatic hydroxyl groups excluding tert-OH is 1. The molecule has 2 aromatic rings. The molecule has 1 aliphatic rings. The van der Waals surface area contributed by atoms with Gasteiger partial charge in [0.15, 0.2) is 0 Å². The van der Waals surface area contributed by atoms with Gasteiger partial charge >= 0.3 is 0 Å². The third-order valence-corrected chi connectivity index (χ3v) is 6.37. The van der Waals surface area contributed by atoms with Crippen LogP contribution in [0.1, 0.15) is 63.1 Å². The maximum Gasteiger partial charge on any atom is 0.295 e. The van der Waals surface area contributed by atoms with Crippen molar-refractivity contribution < 1.29 is 24.2 Å². The molecule has 7 heteroatoms. The Balaban J connectivity index is 1.91. The van der Waals surface area contributed by atoms with Crippen LogP contribution in [0.2, 0.25) is 0 Å². The summed E-state index contributed by atoms with van der Waals surface area (Å²) in [5.41, 5.74) is 0.725. The van der Waals surface area contributed by atoms with Crippen molar-refractivity contribution in [1.29, 1.82) is 0 Å². The molecule has 0 radical (unpaired) electrons. The molecule has 0 saturated carbocycles. The van der Waals surface area contributed by atoms with E-state index in [1.807, 2.05) is 0 Å². The van der Waals surface area contributed by atoms with Crippen LogP contribution < -0.4 is 0 Å². The minimum Gasteiger partial charge on any atom is -0.508 e. The number of phenols is 1. The molecule has 1 heterocycles. The largest absolute Gasteiger partial charge is 0.508 e. The van der Waals surface area contributed by atoms with Crippen LogP contribution in [0.3, 0.4) is 0 Å². The monoisotopic (exact) mass is 482 g/mol. The van der Waals surface area contributed by atoms with E-state index in [9.17, 15) is 24.2 Å². The fraction of sp³-hybridized carbons (Fsp3) is 0.429. The van der Waals surface area contributed by atoms with Gasteiger partial charge in [-0.3, -0.25) is 9.59 Å². The molecular formula is C28H35FN2O4. The van der Waals surface area contributed by atoms with Crippen molar-refractivity contribution in [3.8, 4) is 5.75 Å². The first kappa shape index (κ1) is 26.4. The summed E-state index contributed by atoms with van der Waals surface area (Å²) in [7, 11) is 0. The number of Topliss-reactive ketones (excluding diaryl/α,β-unsaturated/α-hetero) is 1. The zero-order chi connectivity index (χ0) is 25.4. The number of nitrogens with zero attached hydrogens (tertiary/aromatic N) is 2. The van der Waals surface area contributed by atoms with Crippen LogP contribution in [0, 0.1) is 5.82 Å². The summed E-state index contributed by atoms with van der Waals surface area (Å²) < 4.78 is 13.4. The van der Waals surface area contributed by atoms with Crippen LogP contribution in [-0.4, -0.2) is 57.9 Å². The predicted octanol–water partition coefficient (Wildman–Crippen LogP) is 5.25. The number of aliphatic hydroxyl groups is 1. The number of carbonyl (C=O) groups is 2. The maximum atomic E-state index is 13.4. The highest BCUT2D eigenvalue weighted by molar-refractivity contribution is 6.46. The number of phenolic OH excluding ortho intramolecular Hbond substituents is 1. The molecular weight excluding hydrogens is 447 g/mol. The van der Waals surface area contributed by atoms with Gasteiger partial charge in [-0.2, -0.15) is 0 Å². The van der Waals surface area contributed by atoms with Crippen molar-refractivity contribution in [3.63, 3.8) is 0 Å². The Bertz CT molecular complexity index is 1040. The summed E-state index contributed by atoms with van der Waals surface area (Å²) in [6.45, 7) is 7.45. The summed E-state index contributed by atoms with van der Waals surface area (Å²) in [5.74, 6) is -2.29. The topological polar surface area (TPSA) is 81.1 Å². The maximum absolute atomic E-state index is 13.4. The van der Waals surface area contributed by atoms with Gasteiger partial charge in [-0.15, -0.1) is 0 Å². The molecule has 35 heavy (non-hydrogen) atoms. The molecule has 0 aliphatic carbocycles. The Morgan fingerprint density at radius 2 is 1.60 bits per heavy atom. The molecule has 1 fully saturated rings. The van der Waals surface area contributed by atoms with Crippen LogP contribution in [-0.2, 0) is 9.59 Å². The second-order valence-electron chi connectivity index (χ2n) is 9.00. The average molecular weight is 483 g/mol. The number of ketones is 1. The first-order valence-corrected chi connectivity index (χ1v) is 12.4. The molecule has 1 atom stereocenters. The van der Waals surface area contributed by atoms with Crippen molar-refractivity contribution in [2.24, 2.45) is 0 Å². The Hall–Kier alpha value is -3.19. The Labute approximate surface area is 206 Å². The number of hydrogen-bond donors (Lipinski definition) is 2. The van der Waals surface area contributed by atoms with Crippen LogP contribution in [0.5, 0.6) is 5.75 Å². The van der Waals surface area contributed by atoms with Crippen LogP contribution in [0.4, 0.5) is 4.39 Å². The second-order valence-corrected chi connectivity index (χ2v) is 9.00. The van der Waals surface area contributed by atoms with E-state index in [2.05, 4.69) is 18.7 Å². The smallest absolute Gasteiger partial charge is 0.295 e. The summed E-state index contributed by atoms with van der Waals surface area (Å²) in [6.07, 6.45) is 5.10. The zero-order valence-corrected chi connectivity index (χ0v) is 20.5. The first-order chi connectivity index (χ1) is 16.9. The van der Waals surface area contributed by atoms with Crippen molar-refractivity contribution in [2.75, 3.05) is 26.2 Å². The Morgan fingerprint density at radius 3 is 2.20 bits per heavy atom. The first-order valence-electron chi connectivity index (χ1n) is 12.4. The van der Waals surface area contributed by atoms with E-state index in [1.54, 1.807) is 12.1 Å². The molecule has 0 spiro atoms. The Kier molecular flexibility index (Phi) is 9.43. The molecule has 1 saturated heterocycles. The highest BCUT2D eigenvalue weighted by Gasteiger charge is 2.45. The molecule has 3 rings (SSSR count). The molecule has 188 valence electrons. The van der Waals surface area contributed by atoms with E-state index in [4.69, 9.17) is 0 Å². The minimum absolute atomic E-state index is 0.000163. The van der Waals surface area contributed by atoms with E-state index in [-0.39, 0.29) is 22.6 Å². The molecule has 0 aromatic heterocycles. The number of hydrogen-bond acceptors (Lipinski definition) is 5. The normalized spacial score (nSPS) is 17.5. The number of likely N-dealkylation sites (tertiary alicyclic amines) is 1. The number of aromatic hydroxyl groups is 1. The van der Waals surface area contributed by atoms with Gasteiger partial charge in [0.2, 0.25) is 0 Å². The average Bonchev–Trinajstić information content (AvgIpc) is 3.10. The van der Waals surface area contributed by atoms with Gasteiger partial charge in [0.05, 0.1) is 11.6 Å². The van der Waals surface area contributed by atoms with Gasteiger partial charge in [0, 0.05) is 12.1 Å². The van der Waals surface area contributed by atoms with Gasteiger partial charge in [0.1, 0.15) is 17.3 Å². The quantitative estimate of drug-likeness (QED) is 0.246. The fourth-order valence-corrected chi connectivity index (χ4v) is 4.48. The highest BCUT2D eigenvalue weighted by Crippen LogP contribution is 2.40. The highest BCUT2D eigenvalue weighted by atomic mass is 19.1. The lowest BCUT2D eigenvalue weighted by atomic mass is 9.95. The van der Waals surface area contributed by atoms with Crippen LogP contribution >= 0.6 is 0 Å². The minimum atomic E-state index is -0.841. The van der Waals surface area contributed by atoms with Gasteiger partial charge in [0.25, 0.3) is 11.7 Å². The van der Waals surface area contributed by atoms with Gasteiger partial charge in [-0.25, -0.2) is 4.39 Å². The van der Waals surface area contributed by atoms with E-state index < -0.39 is 23.5 Å². The van der Waals surface area contributed by atoms with E-state index >= 15 is 0 Å². The van der Waals surface area contributed by atoms with Crippen molar-refractivity contribution in [3.05, 3.63) is 71.0 Å². The lowest BCUT2D eigenvalue weighted by molar-refractivity contribution is -0.140. The number of benzene rings is 2. The van der Waals surface area contributed by atoms with Crippen molar-refractivity contribution in [2.45, 2.75) is 52.0 Å².